The van der Waals surface area contributed by atoms with Gasteiger partial charge in [-0.1, -0.05) is 6.07 Å². The molecule has 2 heterocycles. The quantitative estimate of drug-likeness (QED) is 0.921. The zero-order valence-electron chi connectivity index (χ0n) is 12.9. The average Bonchev–Trinajstić information content (AvgIpc) is 3.06. The highest BCUT2D eigenvalue weighted by Gasteiger charge is 2.24. The normalized spacial score (nSPS) is 18.0. The zero-order chi connectivity index (χ0) is 16.1. The molecular formula is C17H20FN3O2. The number of likely N-dealkylation sites (tertiary alicyclic amines) is 1. The van der Waals surface area contributed by atoms with Crippen LogP contribution in [-0.2, 0) is 11.2 Å². The Morgan fingerprint density at radius 2 is 2.35 bits per heavy atom. The molecule has 0 spiro atoms. The van der Waals surface area contributed by atoms with Crippen LogP contribution in [0.1, 0.15) is 18.5 Å². The molecule has 0 bridgehead atoms. The van der Waals surface area contributed by atoms with Gasteiger partial charge >= 0.3 is 0 Å². The van der Waals surface area contributed by atoms with Gasteiger partial charge < -0.3 is 9.64 Å². The lowest BCUT2D eigenvalue weighted by molar-refractivity contribution is -0.135. The first-order chi connectivity index (χ1) is 11.2. The van der Waals surface area contributed by atoms with E-state index >= 15 is 0 Å². The molecule has 122 valence electrons. The molecule has 1 aromatic heterocycles. The molecule has 1 saturated heterocycles. The fourth-order valence-electron chi connectivity index (χ4n) is 2.96. The van der Waals surface area contributed by atoms with Gasteiger partial charge in [-0.3, -0.25) is 9.89 Å². The van der Waals surface area contributed by atoms with Crippen LogP contribution < -0.4 is 4.74 Å². The SMILES string of the molecule is O=C(COc1cccc(F)c1)N1CCC[C@H](Cc2ccn[nH]2)C1. The van der Waals surface area contributed by atoms with Crippen LogP contribution in [0.25, 0.3) is 0 Å². The van der Waals surface area contributed by atoms with Gasteiger partial charge in [-0.25, -0.2) is 4.39 Å². The molecule has 0 unspecified atom stereocenters. The molecule has 1 aliphatic rings. The fourth-order valence-corrected chi connectivity index (χ4v) is 2.96. The lowest BCUT2D eigenvalue weighted by atomic mass is 9.93. The summed E-state index contributed by atoms with van der Waals surface area (Å²) in [7, 11) is 0. The number of benzene rings is 1. The van der Waals surface area contributed by atoms with Crippen LogP contribution in [0.4, 0.5) is 4.39 Å². The van der Waals surface area contributed by atoms with E-state index in [1.807, 2.05) is 11.0 Å². The van der Waals surface area contributed by atoms with Gasteiger partial charge in [0.1, 0.15) is 11.6 Å². The Bertz CT molecular complexity index is 645. The first-order valence-electron chi connectivity index (χ1n) is 7.85. The number of piperidine rings is 1. The molecule has 1 aromatic carbocycles. The minimum Gasteiger partial charge on any atom is -0.484 e. The second kappa shape index (κ2) is 7.26. The Hall–Kier alpha value is -2.37. The minimum absolute atomic E-state index is 0.0522. The van der Waals surface area contributed by atoms with E-state index in [-0.39, 0.29) is 18.3 Å². The van der Waals surface area contributed by atoms with Crippen molar-refractivity contribution in [3.8, 4) is 5.75 Å². The van der Waals surface area contributed by atoms with Crippen molar-refractivity contribution >= 4 is 5.91 Å². The van der Waals surface area contributed by atoms with E-state index in [1.165, 1.54) is 12.1 Å². The highest BCUT2D eigenvalue weighted by atomic mass is 19.1. The van der Waals surface area contributed by atoms with E-state index < -0.39 is 0 Å². The summed E-state index contributed by atoms with van der Waals surface area (Å²) in [5, 5.41) is 6.92. The fraction of sp³-hybridized carbons (Fsp3) is 0.412. The summed E-state index contributed by atoms with van der Waals surface area (Å²) in [6.45, 7) is 1.43. The number of nitrogens with one attached hydrogen (secondary N) is 1. The van der Waals surface area contributed by atoms with Gasteiger partial charge in [-0.15, -0.1) is 0 Å². The molecular weight excluding hydrogens is 297 g/mol. The molecule has 3 rings (SSSR count). The van der Waals surface area contributed by atoms with Gasteiger partial charge in [0.15, 0.2) is 6.61 Å². The number of nitrogens with zero attached hydrogens (tertiary/aromatic N) is 2. The standard InChI is InChI=1S/C17H20FN3O2/c18-14-4-1-5-16(10-14)23-12-17(22)21-8-2-3-13(11-21)9-15-6-7-19-20-15/h1,4-7,10,13H,2-3,8-9,11-12H2,(H,19,20)/t13-/m1/s1. The van der Waals surface area contributed by atoms with Crippen LogP contribution in [0.2, 0.25) is 0 Å². The predicted molar refractivity (Wildman–Crippen MR) is 83.5 cm³/mol. The summed E-state index contributed by atoms with van der Waals surface area (Å²) in [5.74, 6) is 0.391. The number of rotatable bonds is 5. The van der Waals surface area contributed by atoms with Crippen molar-refractivity contribution in [2.45, 2.75) is 19.3 Å². The molecule has 1 fully saturated rings. The van der Waals surface area contributed by atoms with Crippen LogP contribution in [0.5, 0.6) is 5.75 Å². The number of aromatic nitrogens is 2. The number of hydrogen-bond acceptors (Lipinski definition) is 3. The summed E-state index contributed by atoms with van der Waals surface area (Å²) < 4.78 is 18.5. The number of halogens is 1. The monoisotopic (exact) mass is 317 g/mol. The number of H-pyrrole nitrogens is 1. The van der Waals surface area contributed by atoms with Gasteiger partial charge in [0, 0.05) is 31.0 Å². The Balaban J connectivity index is 1.50. The third kappa shape index (κ3) is 4.31. The van der Waals surface area contributed by atoms with Gasteiger partial charge in [-0.05, 0) is 43.4 Å². The average molecular weight is 317 g/mol. The molecule has 2 aromatic rings. The lowest BCUT2D eigenvalue weighted by Gasteiger charge is -2.32. The molecule has 6 heteroatoms. The predicted octanol–water partition coefficient (Wildman–Crippen LogP) is 2.41. The van der Waals surface area contributed by atoms with E-state index in [0.29, 0.717) is 11.7 Å². The van der Waals surface area contributed by atoms with Gasteiger partial charge in [-0.2, -0.15) is 5.10 Å². The number of aromatic amines is 1. The van der Waals surface area contributed by atoms with Crippen molar-refractivity contribution < 1.29 is 13.9 Å². The summed E-state index contributed by atoms with van der Waals surface area (Å²) in [6, 6.07) is 7.81. The van der Waals surface area contributed by atoms with Crippen LogP contribution in [-0.4, -0.2) is 40.7 Å². The van der Waals surface area contributed by atoms with Gasteiger partial charge in [0.25, 0.3) is 5.91 Å². The Morgan fingerprint density at radius 1 is 1.43 bits per heavy atom. The highest BCUT2D eigenvalue weighted by molar-refractivity contribution is 5.77. The second-order valence-corrected chi connectivity index (χ2v) is 5.88. The second-order valence-electron chi connectivity index (χ2n) is 5.88. The Labute approximate surface area is 134 Å². The maximum atomic E-state index is 13.1. The van der Waals surface area contributed by atoms with E-state index in [1.54, 1.807) is 18.3 Å². The van der Waals surface area contributed by atoms with E-state index in [4.69, 9.17) is 4.74 Å². The van der Waals surface area contributed by atoms with Crippen molar-refractivity contribution in [3.63, 3.8) is 0 Å². The van der Waals surface area contributed by atoms with Crippen molar-refractivity contribution in [3.05, 3.63) is 48.0 Å². The summed E-state index contributed by atoms with van der Waals surface area (Å²) >= 11 is 0. The van der Waals surface area contributed by atoms with Crippen LogP contribution in [0.15, 0.2) is 36.5 Å². The zero-order valence-corrected chi connectivity index (χ0v) is 12.9. The first kappa shape index (κ1) is 15.5. The van der Waals surface area contributed by atoms with Crippen LogP contribution >= 0.6 is 0 Å². The number of carbonyl (C=O) groups excluding carboxylic acids is 1. The van der Waals surface area contributed by atoms with Crippen molar-refractivity contribution in [2.24, 2.45) is 5.92 Å². The molecule has 1 atom stereocenters. The van der Waals surface area contributed by atoms with E-state index in [9.17, 15) is 9.18 Å². The van der Waals surface area contributed by atoms with Crippen molar-refractivity contribution in [1.82, 2.24) is 15.1 Å². The number of amides is 1. The van der Waals surface area contributed by atoms with Crippen molar-refractivity contribution in [2.75, 3.05) is 19.7 Å². The maximum Gasteiger partial charge on any atom is 0.260 e. The van der Waals surface area contributed by atoms with E-state index in [0.717, 1.165) is 38.0 Å². The van der Waals surface area contributed by atoms with Gasteiger partial charge in [0.2, 0.25) is 0 Å². The summed E-state index contributed by atoms with van der Waals surface area (Å²) in [4.78, 5) is 14.1. The van der Waals surface area contributed by atoms with Crippen LogP contribution in [0, 0.1) is 11.7 Å². The van der Waals surface area contributed by atoms with Crippen LogP contribution in [0.3, 0.4) is 0 Å². The first-order valence-corrected chi connectivity index (χ1v) is 7.85. The molecule has 1 aliphatic heterocycles. The van der Waals surface area contributed by atoms with Gasteiger partial charge in [0.05, 0.1) is 0 Å². The highest BCUT2D eigenvalue weighted by Crippen LogP contribution is 2.20. The molecule has 23 heavy (non-hydrogen) atoms. The smallest absolute Gasteiger partial charge is 0.260 e. The lowest BCUT2D eigenvalue weighted by Crippen LogP contribution is -2.42. The number of hydrogen-bond donors (Lipinski definition) is 1. The molecule has 5 nitrogen and oxygen atoms in total. The minimum atomic E-state index is -0.368. The Kier molecular flexibility index (Phi) is 4.90. The molecule has 0 radical (unpaired) electrons. The topological polar surface area (TPSA) is 58.2 Å². The van der Waals surface area contributed by atoms with Crippen molar-refractivity contribution in [1.29, 1.82) is 0 Å². The number of ether oxygens (including phenoxy) is 1. The third-order valence-corrected chi connectivity index (χ3v) is 4.10. The molecule has 0 saturated carbocycles. The number of carbonyl (C=O) groups is 1. The molecule has 1 amide bonds. The summed E-state index contributed by atoms with van der Waals surface area (Å²) in [6.07, 6.45) is 4.74. The molecule has 1 N–H and O–H groups in total. The Morgan fingerprint density at radius 3 is 3.13 bits per heavy atom. The largest absolute Gasteiger partial charge is 0.484 e. The van der Waals surface area contributed by atoms with E-state index in [2.05, 4.69) is 10.2 Å². The summed E-state index contributed by atoms with van der Waals surface area (Å²) in [5.41, 5.74) is 1.10. The molecule has 0 aliphatic carbocycles. The third-order valence-electron chi connectivity index (χ3n) is 4.10. The maximum absolute atomic E-state index is 13.1.